The molecule has 1 saturated carbocycles. The van der Waals surface area contributed by atoms with Crippen molar-refractivity contribution in [3.63, 3.8) is 0 Å². The highest BCUT2D eigenvalue weighted by atomic mass is 32.1. The zero-order valence-electron chi connectivity index (χ0n) is 35.4. The number of likely N-dealkylation sites (N-methyl/N-ethyl adjacent to an activating group) is 1. The molecule has 0 spiro atoms. The zero-order valence-corrected chi connectivity index (χ0v) is 36.2. The third-order valence-electron chi connectivity index (χ3n) is 13.5. The highest BCUT2D eigenvalue weighted by Crippen LogP contribution is 2.37. The molecule has 11 unspecified atom stereocenters. The van der Waals surface area contributed by atoms with Crippen molar-refractivity contribution >= 4 is 34.7 Å². The Morgan fingerprint density at radius 3 is 2.30 bits per heavy atom. The largest absolute Gasteiger partial charge is 0.379 e. The number of benzene rings is 1. The van der Waals surface area contributed by atoms with Crippen LogP contribution in [0.2, 0.25) is 0 Å². The Bertz CT molecular complexity index is 1600. The van der Waals surface area contributed by atoms with Crippen LogP contribution in [0.4, 0.5) is 0 Å². The van der Waals surface area contributed by atoms with Crippen LogP contribution in [0.5, 0.6) is 0 Å². The number of ether oxygens (including phenoxy) is 2. The summed E-state index contributed by atoms with van der Waals surface area (Å²) in [6.45, 7) is 12.8. The summed E-state index contributed by atoms with van der Waals surface area (Å²) in [7, 11) is 5.07. The normalized spacial score (nSPS) is 24.4. The number of Topliss-reactive ketones (excluding diaryl/α,β-unsaturated/α-hetero) is 2. The summed E-state index contributed by atoms with van der Waals surface area (Å²) in [5, 5.41) is 6.42. The van der Waals surface area contributed by atoms with E-state index in [9.17, 15) is 19.2 Å². The lowest BCUT2D eigenvalue weighted by atomic mass is 9.83. The Balaban J connectivity index is 1.26. The summed E-state index contributed by atoms with van der Waals surface area (Å²) < 4.78 is 12.2. The maximum Gasteiger partial charge on any atom is 0.226 e. The number of aromatic nitrogens is 1. The van der Waals surface area contributed by atoms with E-state index in [1.807, 2.05) is 38.1 Å². The Hall–Kier alpha value is -2.99. The number of piperidine rings is 1. The first-order chi connectivity index (χ1) is 26.8. The lowest BCUT2D eigenvalue weighted by Gasteiger charge is -2.41. The van der Waals surface area contributed by atoms with Crippen molar-refractivity contribution in [3.8, 4) is 0 Å². The number of thiazole rings is 1. The van der Waals surface area contributed by atoms with Crippen molar-refractivity contribution in [3.05, 3.63) is 52.0 Å². The molecule has 11 heteroatoms. The molecule has 2 aliphatic heterocycles. The molecule has 2 amide bonds. The van der Waals surface area contributed by atoms with E-state index in [2.05, 4.69) is 55.3 Å². The van der Waals surface area contributed by atoms with Gasteiger partial charge in [0.2, 0.25) is 11.8 Å². The molecule has 56 heavy (non-hydrogen) atoms. The number of methoxy groups -OCH3 is 2. The molecule has 3 heterocycles. The average molecular weight is 793 g/mol. The predicted octanol–water partition coefficient (Wildman–Crippen LogP) is 7.03. The number of carbonyl (C=O) groups excluding carboxylic acids is 4. The molecule has 1 aliphatic carbocycles. The SMILES string of the molecule is CCC(C)C(C(CC(=O)N1CCCC1C(OC)C(C)C(=O)CC(Cc1ccc(C)cc1)c1nccs1)OC)N(C)C(=O)C(CC(=O)C1NC2CCC1C2)C(C)C. The number of nitrogens with one attached hydrogen (secondary N) is 1. The van der Waals surface area contributed by atoms with Gasteiger partial charge in [0.05, 0.1) is 41.8 Å². The van der Waals surface area contributed by atoms with E-state index < -0.39 is 24.0 Å². The number of aryl methyl sites for hydroxylation is 1. The predicted molar refractivity (Wildman–Crippen MR) is 221 cm³/mol. The van der Waals surface area contributed by atoms with E-state index in [1.54, 1.807) is 36.7 Å². The summed E-state index contributed by atoms with van der Waals surface area (Å²) in [6, 6.07) is 8.10. The van der Waals surface area contributed by atoms with Gasteiger partial charge in [0.25, 0.3) is 0 Å². The Morgan fingerprint density at radius 2 is 1.73 bits per heavy atom. The Kier molecular flexibility index (Phi) is 15.9. The molecule has 11 atom stereocenters. The molecule has 5 rings (SSSR count). The number of fused-ring (bicyclic) bond motifs is 2. The van der Waals surface area contributed by atoms with Gasteiger partial charge >= 0.3 is 0 Å². The lowest BCUT2D eigenvalue weighted by molar-refractivity contribution is -0.149. The molecule has 1 aromatic carbocycles. The zero-order chi connectivity index (χ0) is 40.7. The van der Waals surface area contributed by atoms with E-state index in [0.29, 0.717) is 24.9 Å². The maximum atomic E-state index is 14.4. The second-order valence-corrected chi connectivity index (χ2v) is 18.4. The molecule has 2 bridgehead atoms. The first-order valence-electron chi connectivity index (χ1n) is 21.2. The number of nitrogens with zero attached hydrogens (tertiary/aromatic N) is 3. The summed E-state index contributed by atoms with van der Waals surface area (Å²) in [6.07, 6.45) is 7.77. The number of ketones is 2. The minimum atomic E-state index is -0.552. The van der Waals surface area contributed by atoms with Gasteiger partial charge in [0, 0.05) is 76.0 Å². The first-order valence-corrected chi connectivity index (χ1v) is 22.0. The number of rotatable bonds is 21. The summed E-state index contributed by atoms with van der Waals surface area (Å²) in [5.41, 5.74) is 2.37. The van der Waals surface area contributed by atoms with Crippen molar-refractivity contribution in [1.82, 2.24) is 20.1 Å². The molecule has 310 valence electrons. The van der Waals surface area contributed by atoms with Crippen LogP contribution in [0.3, 0.4) is 0 Å². The Labute approximate surface area is 339 Å². The number of amides is 2. The van der Waals surface area contributed by atoms with Crippen molar-refractivity contribution < 1.29 is 28.7 Å². The highest BCUT2D eigenvalue weighted by molar-refractivity contribution is 7.09. The van der Waals surface area contributed by atoms with Crippen LogP contribution in [0, 0.1) is 36.5 Å². The van der Waals surface area contributed by atoms with Gasteiger partial charge in [-0.15, -0.1) is 11.3 Å². The first kappa shape index (κ1) is 44.1. The van der Waals surface area contributed by atoms with Crippen LogP contribution in [0.1, 0.15) is 114 Å². The van der Waals surface area contributed by atoms with Crippen LogP contribution in [-0.2, 0) is 35.1 Å². The van der Waals surface area contributed by atoms with E-state index in [1.165, 1.54) is 11.1 Å². The van der Waals surface area contributed by atoms with Gasteiger partial charge in [-0.05, 0) is 68.8 Å². The fourth-order valence-electron chi connectivity index (χ4n) is 9.89. The fourth-order valence-corrected chi connectivity index (χ4v) is 10.6. The molecule has 2 saturated heterocycles. The minimum Gasteiger partial charge on any atom is -0.379 e. The van der Waals surface area contributed by atoms with Gasteiger partial charge in [0.1, 0.15) is 5.78 Å². The van der Waals surface area contributed by atoms with Crippen LogP contribution < -0.4 is 5.32 Å². The molecule has 2 aromatic rings. The van der Waals surface area contributed by atoms with E-state index in [-0.39, 0.29) is 72.1 Å². The maximum absolute atomic E-state index is 14.4. The number of likely N-dealkylation sites (tertiary alicyclic amines) is 1. The highest BCUT2D eigenvalue weighted by Gasteiger charge is 2.46. The van der Waals surface area contributed by atoms with Gasteiger partial charge in [0.15, 0.2) is 5.78 Å². The lowest BCUT2D eigenvalue weighted by Crippen LogP contribution is -2.54. The smallest absolute Gasteiger partial charge is 0.226 e. The van der Waals surface area contributed by atoms with Crippen molar-refractivity contribution in [2.45, 2.75) is 148 Å². The standard InChI is InChI=1S/C45H68N4O6S/c1-10-29(5)42(48(7)45(53)35(27(2)3)25-38(51)41-32-17-18-34(23-32)47-41)39(54-8)26-40(52)49-20-11-12-36(49)43(55-9)30(6)37(50)24-33(44-46-19-21-56-44)22-31-15-13-28(4)14-16-31/h13-16,19,21,27,29-30,32-36,39,41-43,47H,10-12,17-18,20,22-26H2,1-9H3. The summed E-state index contributed by atoms with van der Waals surface area (Å²) in [5.74, 6) is -0.421. The van der Waals surface area contributed by atoms with Crippen LogP contribution in [0.15, 0.2) is 35.8 Å². The van der Waals surface area contributed by atoms with Crippen molar-refractivity contribution in [1.29, 1.82) is 0 Å². The molecule has 1 N–H and O–H groups in total. The van der Waals surface area contributed by atoms with Crippen molar-refractivity contribution in [2.24, 2.45) is 29.6 Å². The van der Waals surface area contributed by atoms with Crippen LogP contribution >= 0.6 is 11.3 Å². The summed E-state index contributed by atoms with van der Waals surface area (Å²) >= 11 is 1.58. The Morgan fingerprint density at radius 1 is 1.00 bits per heavy atom. The van der Waals surface area contributed by atoms with Gasteiger partial charge in [-0.25, -0.2) is 4.98 Å². The van der Waals surface area contributed by atoms with Crippen molar-refractivity contribution in [2.75, 3.05) is 27.8 Å². The van der Waals surface area contributed by atoms with Gasteiger partial charge in [-0.3, -0.25) is 19.2 Å². The number of hydrogen-bond donors (Lipinski definition) is 1. The van der Waals surface area contributed by atoms with E-state index in [0.717, 1.165) is 50.0 Å². The molecule has 1 aromatic heterocycles. The monoisotopic (exact) mass is 792 g/mol. The number of carbonyl (C=O) groups is 4. The van der Waals surface area contributed by atoms with Gasteiger partial charge < -0.3 is 24.6 Å². The molecule has 3 fully saturated rings. The fraction of sp³-hybridized carbons (Fsp3) is 0.711. The van der Waals surface area contributed by atoms with Crippen LogP contribution in [-0.4, -0.2) is 102 Å². The third kappa shape index (κ3) is 10.4. The minimum absolute atomic E-state index is 0.0202. The second-order valence-electron chi connectivity index (χ2n) is 17.5. The van der Waals surface area contributed by atoms with E-state index in [4.69, 9.17) is 9.47 Å². The molecule has 10 nitrogen and oxygen atoms in total. The molecule has 3 aliphatic rings. The van der Waals surface area contributed by atoms with Crippen LogP contribution in [0.25, 0.3) is 0 Å². The molecule has 0 radical (unpaired) electrons. The molecular formula is C45H68N4O6S. The third-order valence-corrected chi connectivity index (χ3v) is 14.4. The number of hydrogen-bond acceptors (Lipinski definition) is 9. The molecular weight excluding hydrogens is 725 g/mol. The van der Waals surface area contributed by atoms with Gasteiger partial charge in [-0.2, -0.15) is 0 Å². The quantitative estimate of drug-likeness (QED) is 0.143. The van der Waals surface area contributed by atoms with Gasteiger partial charge in [-0.1, -0.05) is 70.9 Å². The summed E-state index contributed by atoms with van der Waals surface area (Å²) in [4.78, 5) is 64.6. The average Bonchev–Trinajstić information content (AvgIpc) is 4.03. The topological polar surface area (TPSA) is 118 Å². The second kappa shape index (κ2) is 20.1. The van der Waals surface area contributed by atoms with E-state index >= 15 is 0 Å².